The molecular weight excluding hydrogens is 205 g/mol. The Morgan fingerprint density at radius 2 is 1.94 bits per heavy atom. The highest BCUT2D eigenvalue weighted by molar-refractivity contribution is 5.42. The molecule has 2 rings (SSSR count). The number of halogens is 1. The molecule has 4 heteroatoms. The molecule has 0 aliphatic rings. The van der Waals surface area contributed by atoms with E-state index < -0.39 is 5.95 Å². The van der Waals surface area contributed by atoms with Crippen LogP contribution in [0.4, 0.5) is 10.2 Å². The molecule has 1 aromatic heterocycles. The van der Waals surface area contributed by atoms with Gasteiger partial charge in [0.15, 0.2) is 0 Å². The van der Waals surface area contributed by atoms with E-state index in [1.165, 1.54) is 6.33 Å². The summed E-state index contributed by atoms with van der Waals surface area (Å²) in [7, 11) is 0. The van der Waals surface area contributed by atoms with Crippen molar-refractivity contribution in [2.45, 2.75) is 13.5 Å². The van der Waals surface area contributed by atoms with Crippen molar-refractivity contribution < 1.29 is 4.39 Å². The van der Waals surface area contributed by atoms with E-state index in [1.807, 2.05) is 30.3 Å². The summed E-state index contributed by atoms with van der Waals surface area (Å²) in [5.74, 6) is 0.0573. The Balaban J connectivity index is 2.08. The molecule has 3 nitrogen and oxygen atoms in total. The van der Waals surface area contributed by atoms with E-state index in [1.54, 1.807) is 6.92 Å². The highest BCUT2D eigenvalue weighted by Gasteiger charge is 2.05. The first kappa shape index (κ1) is 10.5. The fraction of sp³-hybridized carbons (Fsp3) is 0.167. The van der Waals surface area contributed by atoms with Gasteiger partial charge in [-0.1, -0.05) is 30.3 Å². The van der Waals surface area contributed by atoms with Gasteiger partial charge in [-0.2, -0.15) is 4.39 Å². The standard InChI is InChI=1S/C12H12FN3/c1-9-11(13)15-8-16-12(9)14-7-10-5-3-2-4-6-10/h2-6,8H,7H2,1H3,(H,14,15,16). The Labute approximate surface area is 93.4 Å². The van der Waals surface area contributed by atoms with Crippen LogP contribution in [-0.2, 0) is 6.54 Å². The number of hydrogen-bond acceptors (Lipinski definition) is 3. The molecule has 2 aromatic rings. The minimum Gasteiger partial charge on any atom is -0.366 e. The number of anilines is 1. The maximum absolute atomic E-state index is 13.1. The molecule has 1 N–H and O–H groups in total. The Morgan fingerprint density at radius 1 is 1.19 bits per heavy atom. The Kier molecular flexibility index (Phi) is 3.10. The van der Waals surface area contributed by atoms with Crippen molar-refractivity contribution in [3.63, 3.8) is 0 Å². The summed E-state index contributed by atoms with van der Waals surface area (Å²) < 4.78 is 13.1. The lowest BCUT2D eigenvalue weighted by atomic mass is 10.2. The van der Waals surface area contributed by atoms with E-state index in [0.29, 0.717) is 17.9 Å². The zero-order chi connectivity index (χ0) is 11.4. The van der Waals surface area contributed by atoms with Crippen molar-refractivity contribution in [2.24, 2.45) is 0 Å². The normalized spacial score (nSPS) is 10.1. The van der Waals surface area contributed by atoms with E-state index in [-0.39, 0.29) is 0 Å². The summed E-state index contributed by atoms with van der Waals surface area (Å²) in [6.45, 7) is 2.28. The van der Waals surface area contributed by atoms with E-state index >= 15 is 0 Å². The zero-order valence-electron chi connectivity index (χ0n) is 8.94. The smallest absolute Gasteiger partial charge is 0.220 e. The van der Waals surface area contributed by atoms with Gasteiger partial charge in [-0.05, 0) is 12.5 Å². The number of nitrogens with zero attached hydrogens (tertiary/aromatic N) is 2. The van der Waals surface area contributed by atoms with Crippen molar-refractivity contribution in [1.29, 1.82) is 0 Å². The Hall–Kier alpha value is -1.97. The molecule has 82 valence electrons. The molecule has 0 saturated heterocycles. The van der Waals surface area contributed by atoms with Crippen molar-refractivity contribution >= 4 is 5.82 Å². The lowest BCUT2D eigenvalue weighted by molar-refractivity contribution is 0.570. The summed E-state index contributed by atoms with van der Waals surface area (Å²) >= 11 is 0. The maximum atomic E-state index is 13.1. The van der Waals surface area contributed by atoms with E-state index in [9.17, 15) is 4.39 Å². The van der Waals surface area contributed by atoms with Crippen LogP contribution in [0, 0.1) is 12.9 Å². The van der Waals surface area contributed by atoms with Crippen LogP contribution in [0.5, 0.6) is 0 Å². The number of hydrogen-bond donors (Lipinski definition) is 1. The summed E-state index contributed by atoms with van der Waals surface area (Å²) in [5, 5.41) is 3.08. The molecule has 0 bridgehead atoms. The van der Waals surface area contributed by atoms with Gasteiger partial charge >= 0.3 is 0 Å². The van der Waals surface area contributed by atoms with E-state index in [0.717, 1.165) is 5.56 Å². The van der Waals surface area contributed by atoms with Crippen molar-refractivity contribution in [2.75, 3.05) is 5.32 Å². The van der Waals surface area contributed by atoms with Crippen LogP contribution in [0.3, 0.4) is 0 Å². The van der Waals surface area contributed by atoms with Gasteiger partial charge in [-0.25, -0.2) is 9.97 Å². The molecule has 0 spiro atoms. The predicted octanol–water partition coefficient (Wildman–Crippen LogP) is 2.54. The SMILES string of the molecule is Cc1c(F)ncnc1NCc1ccccc1. The number of nitrogens with one attached hydrogen (secondary N) is 1. The van der Waals surface area contributed by atoms with Crippen LogP contribution in [0.2, 0.25) is 0 Å². The van der Waals surface area contributed by atoms with Crippen LogP contribution in [0.25, 0.3) is 0 Å². The Morgan fingerprint density at radius 3 is 2.69 bits per heavy atom. The van der Waals surface area contributed by atoms with Gasteiger partial charge in [-0.3, -0.25) is 0 Å². The molecule has 0 atom stereocenters. The molecule has 0 fully saturated rings. The summed E-state index contributed by atoms with van der Waals surface area (Å²) in [4.78, 5) is 7.47. The van der Waals surface area contributed by atoms with Gasteiger partial charge < -0.3 is 5.32 Å². The average Bonchev–Trinajstić information content (AvgIpc) is 2.32. The number of aromatic nitrogens is 2. The summed E-state index contributed by atoms with van der Waals surface area (Å²) in [6, 6.07) is 9.88. The minimum absolute atomic E-state index is 0.443. The lowest BCUT2D eigenvalue weighted by Crippen LogP contribution is -2.05. The third-order valence-electron chi connectivity index (χ3n) is 2.33. The van der Waals surface area contributed by atoms with Crippen LogP contribution in [-0.4, -0.2) is 9.97 Å². The monoisotopic (exact) mass is 217 g/mol. The summed E-state index contributed by atoms with van der Waals surface area (Å²) in [5.41, 5.74) is 1.57. The van der Waals surface area contributed by atoms with Crippen molar-refractivity contribution in [3.8, 4) is 0 Å². The second-order valence-electron chi connectivity index (χ2n) is 3.48. The molecule has 1 heterocycles. The fourth-order valence-corrected chi connectivity index (χ4v) is 1.39. The van der Waals surface area contributed by atoms with Crippen molar-refractivity contribution in [3.05, 3.63) is 53.7 Å². The molecule has 1 aromatic carbocycles. The second kappa shape index (κ2) is 4.70. The van der Waals surface area contributed by atoms with Gasteiger partial charge in [0, 0.05) is 12.1 Å². The molecule has 0 radical (unpaired) electrons. The second-order valence-corrected chi connectivity index (χ2v) is 3.48. The predicted molar refractivity (Wildman–Crippen MR) is 60.5 cm³/mol. The molecule has 0 amide bonds. The van der Waals surface area contributed by atoms with E-state index in [4.69, 9.17) is 0 Å². The summed E-state index contributed by atoms with van der Waals surface area (Å²) in [6.07, 6.45) is 1.22. The third kappa shape index (κ3) is 2.34. The highest BCUT2D eigenvalue weighted by Crippen LogP contribution is 2.13. The topological polar surface area (TPSA) is 37.8 Å². The minimum atomic E-state index is -0.481. The van der Waals surface area contributed by atoms with Crippen LogP contribution in [0.1, 0.15) is 11.1 Å². The van der Waals surface area contributed by atoms with Gasteiger partial charge in [0.1, 0.15) is 12.1 Å². The molecule has 0 saturated carbocycles. The average molecular weight is 217 g/mol. The number of rotatable bonds is 3. The first-order chi connectivity index (χ1) is 7.77. The largest absolute Gasteiger partial charge is 0.366 e. The Bertz CT molecular complexity index is 471. The molecular formula is C12H12FN3. The fourth-order valence-electron chi connectivity index (χ4n) is 1.39. The molecule has 0 aliphatic carbocycles. The van der Waals surface area contributed by atoms with E-state index in [2.05, 4.69) is 15.3 Å². The van der Waals surface area contributed by atoms with Gasteiger partial charge in [-0.15, -0.1) is 0 Å². The quantitative estimate of drug-likeness (QED) is 0.803. The number of benzene rings is 1. The zero-order valence-corrected chi connectivity index (χ0v) is 8.94. The maximum Gasteiger partial charge on any atom is 0.220 e. The first-order valence-corrected chi connectivity index (χ1v) is 5.02. The molecule has 16 heavy (non-hydrogen) atoms. The highest BCUT2D eigenvalue weighted by atomic mass is 19.1. The molecule has 0 unspecified atom stereocenters. The van der Waals surface area contributed by atoms with Gasteiger partial charge in [0.25, 0.3) is 0 Å². The van der Waals surface area contributed by atoms with Crippen molar-refractivity contribution in [1.82, 2.24) is 9.97 Å². The van der Waals surface area contributed by atoms with Gasteiger partial charge in [0.2, 0.25) is 5.95 Å². The van der Waals surface area contributed by atoms with Crippen LogP contribution in [0.15, 0.2) is 36.7 Å². The third-order valence-corrected chi connectivity index (χ3v) is 2.33. The lowest BCUT2D eigenvalue weighted by Gasteiger charge is -2.07. The van der Waals surface area contributed by atoms with Crippen LogP contribution < -0.4 is 5.32 Å². The van der Waals surface area contributed by atoms with Crippen LogP contribution >= 0.6 is 0 Å². The van der Waals surface area contributed by atoms with Gasteiger partial charge in [0.05, 0.1) is 0 Å². The first-order valence-electron chi connectivity index (χ1n) is 5.02. The molecule has 0 aliphatic heterocycles.